The predicted octanol–water partition coefficient (Wildman–Crippen LogP) is 6.38. The van der Waals surface area contributed by atoms with Crippen LogP contribution in [-0.4, -0.2) is 71.1 Å². The van der Waals surface area contributed by atoms with Crippen LogP contribution in [0.1, 0.15) is 77.4 Å². The van der Waals surface area contributed by atoms with E-state index in [0.29, 0.717) is 56.2 Å². The fourth-order valence-corrected chi connectivity index (χ4v) is 10.8. The zero-order chi connectivity index (χ0) is 36.0. The van der Waals surface area contributed by atoms with Gasteiger partial charge in [-0.2, -0.15) is 5.10 Å². The van der Waals surface area contributed by atoms with E-state index < -0.39 is 21.7 Å². The molecule has 11 nitrogen and oxygen atoms in total. The van der Waals surface area contributed by atoms with Crippen LogP contribution in [0.3, 0.4) is 0 Å². The number of aromatic nitrogens is 2. The zero-order valence-corrected chi connectivity index (χ0v) is 31.3. The van der Waals surface area contributed by atoms with E-state index >= 15 is 0 Å². The fraction of sp³-hybridized carbons (Fsp3) is 0.513. The maximum absolute atomic E-state index is 14.6. The van der Waals surface area contributed by atoms with Gasteiger partial charge in [-0.05, 0) is 97.7 Å². The Morgan fingerprint density at radius 2 is 2.02 bits per heavy atom. The molecule has 276 valence electrons. The lowest BCUT2D eigenvalue weighted by atomic mass is 9.68. The highest BCUT2D eigenvalue weighted by Crippen LogP contribution is 2.47. The molecule has 3 aromatic rings. The average molecular weight is 748 g/mol. The first kappa shape index (κ1) is 35.2. The minimum absolute atomic E-state index is 0.0191. The first-order valence-corrected chi connectivity index (χ1v) is 20.5. The molecule has 8 rings (SSSR count). The number of carbonyl (C=O) groups is 2. The van der Waals surface area contributed by atoms with Crippen molar-refractivity contribution in [3.8, 4) is 11.6 Å². The monoisotopic (exact) mass is 747 g/mol. The van der Waals surface area contributed by atoms with E-state index in [1.54, 1.807) is 17.9 Å². The molecule has 0 unspecified atom stereocenters. The number of fused-ring (bicyclic) bond motifs is 5. The second-order valence-corrected chi connectivity index (χ2v) is 17.6. The molecule has 2 amide bonds. The van der Waals surface area contributed by atoms with Crippen molar-refractivity contribution in [2.45, 2.75) is 69.9 Å². The molecule has 0 saturated heterocycles. The van der Waals surface area contributed by atoms with E-state index in [2.05, 4.69) is 43.4 Å². The number of carbonyl (C=O) groups excluding carboxylic acids is 2. The highest BCUT2D eigenvalue weighted by Gasteiger charge is 2.44. The lowest BCUT2D eigenvalue weighted by Crippen LogP contribution is -2.49. The summed E-state index contributed by atoms with van der Waals surface area (Å²) < 4.78 is 41.5. The van der Waals surface area contributed by atoms with Crippen LogP contribution < -0.4 is 19.1 Å². The van der Waals surface area contributed by atoms with Gasteiger partial charge in [-0.3, -0.25) is 14.3 Å². The number of nitrogens with one attached hydrogen (secondary N) is 1. The van der Waals surface area contributed by atoms with Crippen molar-refractivity contribution in [1.82, 2.24) is 14.5 Å². The van der Waals surface area contributed by atoms with E-state index in [1.807, 2.05) is 25.1 Å². The Labute approximate surface area is 310 Å². The SMILES string of the molecule is CO[C@H]1/C=C/C[C@H](C)C[S@@](=O)(NC(=O)c2cc3n(n2)CCCO3)=NC(=O)c2ccc3c(c2)N(C[C@@H]2CC[C@H]21)C[C@@]1(CCCc2cc(Cl)ccc21)CO3. The summed E-state index contributed by atoms with van der Waals surface area (Å²) >= 11 is 6.46. The molecule has 2 aliphatic carbocycles. The summed E-state index contributed by atoms with van der Waals surface area (Å²) in [7, 11) is -1.81. The number of amides is 2. The number of benzene rings is 2. The van der Waals surface area contributed by atoms with Gasteiger partial charge in [0.15, 0.2) is 5.69 Å². The van der Waals surface area contributed by atoms with Gasteiger partial charge < -0.3 is 19.1 Å². The van der Waals surface area contributed by atoms with Crippen molar-refractivity contribution < 1.29 is 28.0 Å². The van der Waals surface area contributed by atoms with Crippen LogP contribution in [0.2, 0.25) is 5.02 Å². The molecule has 6 atom stereocenters. The van der Waals surface area contributed by atoms with Crippen LogP contribution in [0.15, 0.2) is 59.0 Å². The summed E-state index contributed by atoms with van der Waals surface area (Å²) in [4.78, 5) is 29.9. The summed E-state index contributed by atoms with van der Waals surface area (Å²) in [6.07, 6.45) is 10.6. The van der Waals surface area contributed by atoms with Crippen LogP contribution >= 0.6 is 11.6 Å². The molecule has 13 heteroatoms. The quantitative estimate of drug-likeness (QED) is 0.306. The number of methoxy groups -OCH3 is 1. The second kappa shape index (κ2) is 14.2. The third-order valence-corrected chi connectivity index (χ3v) is 13.7. The molecule has 2 aromatic carbocycles. The second-order valence-electron chi connectivity index (χ2n) is 15.2. The summed E-state index contributed by atoms with van der Waals surface area (Å²) in [5.74, 6) is 0.385. The Balaban J connectivity index is 1.18. The molecule has 1 fully saturated rings. The molecular formula is C39H46ClN5O6S. The van der Waals surface area contributed by atoms with Crippen LogP contribution in [-0.2, 0) is 33.0 Å². The summed E-state index contributed by atoms with van der Waals surface area (Å²) in [5.41, 5.74) is 3.43. The molecule has 1 saturated carbocycles. The van der Waals surface area contributed by atoms with Gasteiger partial charge in [-0.1, -0.05) is 36.7 Å². The van der Waals surface area contributed by atoms with E-state index in [0.717, 1.165) is 55.8 Å². The van der Waals surface area contributed by atoms with E-state index in [9.17, 15) is 13.8 Å². The maximum atomic E-state index is 14.6. The number of anilines is 1. The number of allylic oxidation sites excluding steroid dienone is 1. The van der Waals surface area contributed by atoms with Crippen molar-refractivity contribution >= 4 is 39.0 Å². The Bertz CT molecular complexity index is 2020. The molecule has 5 aliphatic rings. The minimum atomic E-state index is -3.58. The van der Waals surface area contributed by atoms with Gasteiger partial charge >= 0.3 is 0 Å². The van der Waals surface area contributed by atoms with Crippen LogP contribution in [0.25, 0.3) is 0 Å². The molecule has 4 heterocycles. The molecule has 1 aromatic heterocycles. The fourth-order valence-electron chi connectivity index (χ4n) is 8.74. The smallest absolute Gasteiger partial charge is 0.286 e. The highest BCUT2D eigenvalue weighted by molar-refractivity contribution is 7.92. The van der Waals surface area contributed by atoms with Crippen molar-refractivity contribution in [2.24, 2.45) is 22.1 Å². The Morgan fingerprint density at radius 1 is 1.13 bits per heavy atom. The number of ether oxygens (including phenoxy) is 3. The lowest BCUT2D eigenvalue weighted by Gasteiger charge is -2.46. The van der Waals surface area contributed by atoms with Crippen molar-refractivity contribution in [1.29, 1.82) is 0 Å². The molecule has 3 aliphatic heterocycles. The van der Waals surface area contributed by atoms with Gasteiger partial charge in [-0.25, -0.2) is 8.89 Å². The summed E-state index contributed by atoms with van der Waals surface area (Å²) in [6.45, 7) is 5.09. The Hall–Kier alpha value is -3.87. The lowest BCUT2D eigenvalue weighted by molar-refractivity contribution is 0.0131. The number of halogens is 1. The molecular weight excluding hydrogens is 702 g/mol. The molecule has 2 bridgehead atoms. The van der Waals surface area contributed by atoms with Crippen LogP contribution in [0, 0.1) is 17.8 Å². The predicted molar refractivity (Wildman–Crippen MR) is 200 cm³/mol. The van der Waals surface area contributed by atoms with Gasteiger partial charge in [0, 0.05) is 55.2 Å². The maximum Gasteiger partial charge on any atom is 0.286 e. The number of hydrogen-bond donors (Lipinski definition) is 1. The summed E-state index contributed by atoms with van der Waals surface area (Å²) in [5, 5.41) is 5.10. The van der Waals surface area contributed by atoms with E-state index in [1.165, 1.54) is 17.2 Å². The van der Waals surface area contributed by atoms with E-state index in [-0.39, 0.29) is 34.4 Å². The first-order chi connectivity index (χ1) is 25.1. The van der Waals surface area contributed by atoms with Gasteiger partial charge in [0.25, 0.3) is 11.8 Å². The topological polar surface area (TPSA) is 124 Å². The van der Waals surface area contributed by atoms with Crippen molar-refractivity contribution in [3.63, 3.8) is 0 Å². The zero-order valence-electron chi connectivity index (χ0n) is 29.7. The third kappa shape index (κ3) is 6.85. The summed E-state index contributed by atoms with van der Waals surface area (Å²) in [6, 6.07) is 13.1. The van der Waals surface area contributed by atoms with Gasteiger partial charge in [0.1, 0.15) is 15.7 Å². The molecule has 52 heavy (non-hydrogen) atoms. The first-order valence-electron chi connectivity index (χ1n) is 18.4. The third-order valence-electron chi connectivity index (χ3n) is 11.5. The number of rotatable bonds is 3. The van der Waals surface area contributed by atoms with Crippen molar-refractivity contribution in [2.75, 3.05) is 44.1 Å². The van der Waals surface area contributed by atoms with Gasteiger partial charge in [0.2, 0.25) is 5.88 Å². The van der Waals surface area contributed by atoms with Gasteiger partial charge in [0.05, 0.1) is 30.8 Å². The Kier molecular flexibility index (Phi) is 9.59. The van der Waals surface area contributed by atoms with Gasteiger partial charge in [-0.15, -0.1) is 4.36 Å². The number of hydrogen-bond acceptors (Lipinski definition) is 8. The van der Waals surface area contributed by atoms with Crippen LogP contribution in [0.5, 0.6) is 11.6 Å². The molecule has 0 radical (unpaired) electrons. The number of aryl methyl sites for hydroxylation is 2. The van der Waals surface area contributed by atoms with Crippen LogP contribution in [0.4, 0.5) is 5.69 Å². The highest BCUT2D eigenvalue weighted by atomic mass is 35.5. The standard InChI is InChI=1S/C39H46ClN5O6S/c1-25-6-3-8-34(49-2)30-12-9-28(30)21-44-23-39(15-4-7-26-18-29(40)11-13-31(26)39)24-51-35-14-10-27(19-33(35)44)37(46)42-52(48,22-25)43-38(47)32-20-36-45(41-32)16-5-17-50-36/h3,8,10-11,13-14,18-20,25,28,30,34H,4-7,9,12,15-17,21-24H2,1-2H3,(H,42,43,46,47,48)/b8-3+/t25-,28-,30+,34-,39-,52-/m0/s1. The average Bonchev–Trinajstić information content (AvgIpc) is 3.49. The normalized spacial score (nSPS) is 30.6. The van der Waals surface area contributed by atoms with E-state index in [4.69, 9.17) is 25.8 Å². The Morgan fingerprint density at radius 3 is 2.83 bits per heavy atom. The molecule has 1 N–H and O–H groups in total. The minimum Gasteiger partial charge on any atom is -0.490 e. The largest absolute Gasteiger partial charge is 0.490 e. The van der Waals surface area contributed by atoms with Crippen molar-refractivity contribution in [3.05, 3.63) is 82.0 Å². The molecule has 1 spiro atoms. The number of nitrogens with zero attached hydrogens (tertiary/aromatic N) is 4.